The van der Waals surface area contributed by atoms with Crippen LogP contribution in [0.25, 0.3) is 0 Å². The molecule has 0 radical (unpaired) electrons. The Balaban J connectivity index is 2.30. The minimum atomic E-state index is -0.756. The van der Waals surface area contributed by atoms with E-state index in [0.29, 0.717) is 19.5 Å². The average Bonchev–Trinajstić information content (AvgIpc) is 2.71. The van der Waals surface area contributed by atoms with Crippen molar-refractivity contribution in [3.8, 4) is 0 Å². The van der Waals surface area contributed by atoms with Crippen molar-refractivity contribution in [1.29, 1.82) is 0 Å². The summed E-state index contributed by atoms with van der Waals surface area (Å²) in [7, 11) is 0. The zero-order valence-corrected chi connectivity index (χ0v) is 12.9. The lowest BCUT2D eigenvalue weighted by Gasteiger charge is -2.23. The maximum atomic E-state index is 12.0. The van der Waals surface area contributed by atoms with Crippen molar-refractivity contribution < 1.29 is 14.7 Å². The van der Waals surface area contributed by atoms with Gasteiger partial charge in [-0.1, -0.05) is 26.2 Å². The topological polar surface area (TPSA) is 69.6 Å². The van der Waals surface area contributed by atoms with Gasteiger partial charge in [-0.25, -0.2) is 0 Å². The highest BCUT2D eigenvalue weighted by atomic mass is 16.4. The first kappa shape index (κ1) is 17.0. The minimum Gasteiger partial charge on any atom is -0.481 e. The highest BCUT2D eigenvalue weighted by Crippen LogP contribution is 2.23. The molecule has 1 rings (SSSR count). The predicted octanol–water partition coefficient (Wildman–Crippen LogP) is 1.87. The summed E-state index contributed by atoms with van der Waals surface area (Å²) in [6.45, 7) is 7.08. The molecule has 1 saturated heterocycles. The van der Waals surface area contributed by atoms with E-state index >= 15 is 0 Å². The molecule has 3 unspecified atom stereocenters. The van der Waals surface area contributed by atoms with Gasteiger partial charge in [0.05, 0.1) is 12.5 Å². The van der Waals surface area contributed by atoms with Gasteiger partial charge >= 0.3 is 5.97 Å². The number of nitrogens with one attached hydrogen (secondary N) is 1. The number of aliphatic carboxylic acids is 1. The third kappa shape index (κ3) is 5.12. The Labute approximate surface area is 121 Å². The van der Waals surface area contributed by atoms with E-state index in [-0.39, 0.29) is 23.9 Å². The van der Waals surface area contributed by atoms with Gasteiger partial charge in [0.2, 0.25) is 5.91 Å². The van der Waals surface area contributed by atoms with Gasteiger partial charge in [0.1, 0.15) is 0 Å². The van der Waals surface area contributed by atoms with Gasteiger partial charge in [0, 0.05) is 12.1 Å². The lowest BCUT2D eigenvalue weighted by atomic mass is 10.0. The highest BCUT2D eigenvalue weighted by Gasteiger charge is 2.36. The summed E-state index contributed by atoms with van der Waals surface area (Å²) in [5.41, 5.74) is 0. The Morgan fingerprint density at radius 3 is 2.65 bits per heavy atom. The van der Waals surface area contributed by atoms with Gasteiger partial charge in [-0.15, -0.1) is 0 Å². The van der Waals surface area contributed by atoms with Gasteiger partial charge in [0.15, 0.2) is 0 Å². The van der Waals surface area contributed by atoms with E-state index in [1.165, 1.54) is 12.8 Å². The normalized spacial score (nSPS) is 24.6. The first-order valence-corrected chi connectivity index (χ1v) is 7.72. The van der Waals surface area contributed by atoms with E-state index in [1.807, 2.05) is 18.7 Å². The lowest BCUT2D eigenvalue weighted by molar-refractivity contribution is -0.142. The van der Waals surface area contributed by atoms with Gasteiger partial charge in [-0.05, 0) is 33.2 Å². The van der Waals surface area contributed by atoms with Crippen LogP contribution in [0.4, 0.5) is 0 Å². The zero-order valence-electron chi connectivity index (χ0n) is 12.9. The van der Waals surface area contributed by atoms with Crippen LogP contribution in [0, 0.1) is 5.92 Å². The van der Waals surface area contributed by atoms with Crippen LogP contribution in [0.5, 0.6) is 0 Å². The third-order valence-corrected chi connectivity index (χ3v) is 4.20. The molecule has 20 heavy (non-hydrogen) atoms. The lowest BCUT2D eigenvalue weighted by Crippen LogP contribution is -2.43. The number of carbonyl (C=O) groups is 2. The zero-order chi connectivity index (χ0) is 15.1. The maximum Gasteiger partial charge on any atom is 0.308 e. The molecule has 0 saturated carbocycles. The van der Waals surface area contributed by atoms with Crippen molar-refractivity contribution in [1.82, 2.24) is 10.2 Å². The first-order chi connectivity index (χ1) is 9.45. The fourth-order valence-corrected chi connectivity index (χ4v) is 2.83. The summed E-state index contributed by atoms with van der Waals surface area (Å²) in [6.07, 6.45) is 5.16. The number of carbonyl (C=O) groups excluding carboxylic acids is 1. The number of rotatable bonds is 8. The van der Waals surface area contributed by atoms with Crippen molar-refractivity contribution in [2.45, 2.75) is 65.0 Å². The molecule has 5 nitrogen and oxygen atoms in total. The number of unbranched alkanes of at least 4 members (excludes halogenated alkanes) is 2. The number of likely N-dealkylation sites (tertiary alicyclic amines) is 1. The molecule has 0 aromatic rings. The average molecular weight is 284 g/mol. The monoisotopic (exact) mass is 284 g/mol. The van der Waals surface area contributed by atoms with Crippen molar-refractivity contribution in [3.63, 3.8) is 0 Å². The molecule has 0 spiro atoms. The Morgan fingerprint density at radius 2 is 2.10 bits per heavy atom. The number of carboxylic acids is 1. The molecule has 0 bridgehead atoms. The second-order valence-corrected chi connectivity index (χ2v) is 5.91. The maximum absolute atomic E-state index is 12.0. The second kappa shape index (κ2) is 8.25. The van der Waals surface area contributed by atoms with Gasteiger partial charge in [-0.3, -0.25) is 14.5 Å². The summed E-state index contributed by atoms with van der Waals surface area (Å²) in [5.74, 6) is -1.09. The van der Waals surface area contributed by atoms with Crippen LogP contribution >= 0.6 is 0 Å². The fraction of sp³-hybridized carbons (Fsp3) is 0.867. The molecule has 1 fully saturated rings. The molecule has 2 N–H and O–H groups in total. The molecule has 1 aliphatic rings. The molecule has 0 aromatic carbocycles. The van der Waals surface area contributed by atoms with Crippen molar-refractivity contribution in [2.75, 3.05) is 13.1 Å². The summed E-state index contributed by atoms with van der Waals surface area (Å²) in [4.78, 5) is 25.0. The molecule has 1 aliphatic heterocycles. The fourth-order valence-electron chi connectivity index (χ4n) is 2.83. The summed E-state index contributed by atoms with van der Waals surface area (Å²) >= 11 is 0. The van der Waals surface area contributed by atoms with Crippen LogP contribution in [0.3, 0.4) is 0 Å². The Kier molecular flexibility index (Phi) is 6.99. The largest absolute Gasteiger partial charge is 0.481 e. The smallest absolute Gasteiger partial charge is 0.308 e. The highest BCUT2D eigenvalue weighted by molar-refractivity contribution is 5.78. The van der Waals surface area contributed by atoms with Crippen LogP contribution in [0.1, 0.15) is 52.9 Å². The number of amides is 1. The van der Waals surface area contributed by atoms with Gasteiger partial charge in [0.25, 0.3) is 0 Å². The van der Waals surface area contributed by atoms with E-state index in [0.717, 1.165) is 12.8 Å². The SMILES string of the molecule is CCCCCC(C)NC(=O)CN1CCC(C(=O)O)C1C. The van der Waals surface area contributed by atoms with Crippen molar-refractivity contribution in [3.05, 3.63) is 0 Å². The second-order valence-electron chi connectivity index (χ2n) is 5.91. The molecule has 116 valence electrons. The van der Waals surface area contributed by atoms with E-state index in [9.17, 15) is 9.59 Å². The number of nitrogens with zero attached hydrogens (tertiary/aromatic N) is 1. The molecular formula is C15H28N2O3. The van der Waals surface area contributed by atoms with Gasteiger partial charge < -0.3 is 10.4 Å². The standard InChI is InChI=1S/C15H28N2O3/c1-4-5-6-7-11(2)16-14(18)10-17-9-8-13(12(17)3)15(19)20/h11-13H,4-10H2,1-3H3,(H,16,18)(H,19,20). The summed E-state index contributed by atoms with van der Waals surface area (Å²) in [6, 6.07) is 0.135. The number of hydrogen-bond acceptors (Lipinski definition) is 3. The van der Waals surface area contributed by atoms with Crippen molar-refractivity contribution >= 4 is 11.9 Å². The van der Waals surface area contributed by atoms with Crippen LogP contribution in [0.2, 0.25) is 0 Å². The van der Waals surface area contributed by atoms with Crippen LogP contribution in [-0.4, -0.2) is 47.1 Å². The van der Waals surface area contributed by atoms with E-state index < -0.39 is 5.97 Å². The van der Waals surface area contributed by atoms with E-state index in [4.69, 9.17) is 5.11 Å². The number of hydrogen-bond donors (Lipinski definition) is 2. The van der Waals surface area contributed by atoms with Gasteiger partial charge in [-0.2, -0.15) is 0 Å². The molecule has 5 heteroatoms. The first-order valence-electron chi connectivity index (χ1n) is 7.72. The van der Waals surface area contributed by atoms with Crippen molar-refractivity contribution in [2.24, 2.45) is 5.92 Å². The predicted molar refractivity (Wildman–Crippen MR) is 78.5 cm³/mol. The third-order valence-electron chi connectivity index (χ3n) is 4.20. The molecule has 0 aliphatic carbocycles. The quantitative estimate of drug-likeness (QED) is 0.668. The molecule has 0 aromatic heterocycles. The van der Waals surface area contributed by atoms with E-state index in [1.54, 1.807) is 0 Å². The Bertz CT molecular complexity index is 333. The minimum absolute atomic E-state index is 0.00638. The molecule has 1 heterocycles. The Morgan fingerprint density at radius 1 is 1.40 bits per heavy atom. The molecular weight excluding hydrogens is 256 g/mol. The van der Waals surface area contributed by atoms with Crippen LogP contribution < -0.4 is 5.32 Å². The number of carboxylic acid groups (broad SMARTS) is 1. The Hall–Kier alpha value is -1.10. The van der Waals surface area contributed by atoms with E-state index in [2.05, 4.69) is 12.2 Å². The van der Waals surface area contributed by atoms with Crippen LogP contribution in [-0.2, 0) is 9.59 Å². The molecule has 1 amide bonds. The summed E-state index contributed by atoms with van der Waals surface area (Å²) in [5, 5.41) is 12.1. The summed E-state index contributed by atoms with van der Waals surface area (Å²) < 4.78 is 0. The molecule has 3 atom stereocenters. The van der Waals surface area contributed by atoms with Crippen LogP contribution in [0.15, 0.2) is 0 Å².